The molecule has 3 heteroatoms. The van der Waals surface area contributed by atoms with Crippen LogP contribution in [-0.4, -0.2) is 10.7 Å². The smallest absolute Gasteiger partial charge is 0.0778 e. The third kappa shape index (κ3) is 1.25. The number of H-pyrrole nitrogens is 1. The van der Waals surface area contributed by atoms with Crippen molar-refractivity contribution in [3.63, 3.8) is 0 Å². The van der Waals surface area contributed by atoms with E-state index in [9.17, 15) is 0 Å². The van der Waals surface area contributed by atoms with E-state index in [1.807, 2.05) is 23.9 Å². The first-order valence-corrected chi connectivity index (χ1v) is 6.01. The van der Waals surface area contributed by atoms with E-state index in [-0.39, 0.29) is 5.92 Å². The molecule has 74 valence electrons. The van der Waals surface area contributed by atoms with Gasteiger partial charge in [-0.25, -0.2) is 0 Å². The number of nitrogens with zero attached hydrogens (tertiary/aromatic N) is 1. The molecule has 1 unspecified atom stereocenters. The summed E-state index contributed by atoms with van der Waals surface area (Å²) in [6, 6.07) is 10.6. The minimum Gasteiger partial charge on any atom is -0.349 e. The molecule has 0 aliphatic carbocycles. The Morgan fingerprint density at radius 3 is 3.13 bits per heavy atom. The maximum Gasteiger partial charge on any atom is 0.0778 e. The van der Waals surface area contributed by atoms with Gasteiger partial charge in [0.2, 0.25) is 0 Å². The largest absolute Gasteiger partial charge is 0.349 e. The van der Waals surface area contributed by atoms with Gasteiger partial charge in [-0.15, -0.1) is 11.8 Å². The van der Waals surface area contributed by atoms with Crippen LogP contribution >= 0.6 is 11.8 Å². The second-order valence-corrected chi connectivity index (χ2v) is 4.84. The third-order valence-corrected chi connectivity index (χ3v) is 3.92. The van der Waals surface area contributed by atoms with Crippen molar-refractivity contribution in [2.24, 2.45) is 0 Å². The molecule has 1 aliphatic heterocycles. The van der Waals surface area contributed by atoms with Gasteiger partial charge in [0.05, 0.1) is 17.0 Å². The quantitative estimate of drug-likeness (QED) is 0.731. The summed E-state index contributed by atoms with van der Waals surface area (Å²) < 4.78 is 0. The molecule has 0 radical (unpaired) electrons. The van der Waals surface area contributed by atoms with E-state index >= 15 is 0 Å². The van der Waals surface area contributed by atoms with Gasteiger partial charge in [-0.1, -0.05) is 18.2 Å². The van der Waals surface area contributed by atoms with Gasteiger partial charge in [-0.05, 0) is 12.5 Å². The standard InChI is InChI=1S/C12H10N2S/c13-7-8-5-6-15-12-11(8)9-3-1-2-4-10(9)14-12/h1-4,8,14H,5-6H2. The summed E-state index contributed by atoms with van der Waals surface area (Å²) in [5.41, 5.74) is 2.36. The molecular formula is C12H10N2S. The van der Waals surface area contributed by atoms with Crippen molar-refractivity contribution in [1.82, 2.24) is 4.98 Å². The molecule has 15 heavy (non-hydrogen) atoms. The average molecular weight is 214 g/mol. The van der Waals surface area contributed by atoms with Crippen molar-refractivity contribution in [1.29, 1.82) is 5.26 Å². The molecule has 0 saturated carbocycles. The highest BCUT2D eigenvalue weighted by atomic mass is 32.2. The molecule has 0 fully saturated rings. The van der Waals surface area contributed by atoms with E-state index in [1.54, 1.807) is 0 Å². The van der Waals surface area contributed by atoms with Gasteiger partial charge in [0.15, 0.2) is 0 Å². The van der Waals surface area contributed by atoms with Gasteiger partial charge >= 0.3 is 0 Å². The maximum atomic E-state index is 9.14. The van der Waals surface area contributed by atoms with Crippen molar-refractivity contribution < 1.29 is 0 Å². The van der Waals surface area contributed by atoms with Crippen LogP contribution in [0.25, 0.3) is 10.9 Å². The molecule has 0 saturated heterocycles. The lowest BCUT2D eigenvalue weighted by Crippen LogP contribution is -2.03. The molecule has 1 atom stereocenters. The number of nitrogens with one attached hydrogen (secondary N) is 1. The SMILES string of the molecule is N#CC1CCSc2[nH]c3ccccc3c21. The first-order valence-electron chi connectivity index (χ1n) is 5.03. The lowest BCUT2D eigenvalue weighted by Gasteiger charge is -2.15. The Bertz CT molecular complexity index is 550. The molecule has 0 bridgehead atoms. The Hall–Kier alpha value is -1.40. The van der Waals surface area contributed by atoms with Gasteiger partial charge in [0, 0.05) is 22.2 Å². The Morgan fingerprint density at radius 2 is 2.27 bits per heavy atom. The number of rotatable bonds is 0. The predicted molar refractivity (Wildman–Crippen MR) is 62.0 cm³/mol. The highest BCUT2D eigenvalue weighted by molar-refractivity contribution is 7.99. The number of aromatic amines is 1. The fourth-order valence-corrected chi connectivity index (χ4v) is 3.30. The van der Waals surface area contributed by atoms with Crippen LogP contribution < -0.4 is 0 Å². The summed E-state index contributed by atoms with van der Waals surface area (Å²) in [7, 11) is 0. The topological polar surface area (TPSA) is 39.6 Å². The minimum absolute atomic E-state index is 0.0670. The maximum absolute atomic E-state index is 9.14. The minimum atomic E-state index is 0.0670. The molecule has 0 spiro atoms. The van der Waals surface area contributed by atoms with E-state index < -0.39 is 0 Å². The van der Waals surface area contributed by atoms with Crippen LogP contribution in [0.4, 0.5) is 0 Å². The first kappa shape index (κ1) is 8.87. The lowest BCUT2D eigenvalue weighted by atomic mass is 9.97. The molecule has 1 N–H and O–H groups in total. The average Bonchev–Trinajstić information content (AvgIpc) is 2.67. The van der Waals surface area contributed by atoms with Crippen LogP contribution in [0.2, 0.25) is 0 Å². The number of hydrogen-bond donors (Lipinski definition) is 1. The summed E-state index contributed by atoms with van der Waals surface area (Å²) in [5.74, 6) is 1.11. The van der Waals surface area contributed by atoms with Gasteiger partial charge in [-0.3, -0.25) is 0 Å². The number of nitriles is 1. The second-order valence-electron chi connectivity index (χ2n) is 3.73. The zero-order valence-electron chi connectivity index (χ0n) is 8.16. The summed E-state index contributed by atoms with van der Waals surface area (Å²) in [4.78, 5) is 3.39. The van der Waals surface area contributed by atoms with Crippen LogP contribution in [0.1, 0.15) is 17.9 Å². The molecule has 3 rings (SSSR count). The van der Waals surface area contributed by atoms with E-state index in [0.717, 1.165) is 17.7 Å². The lowest BCUT2D eigenvalue weighted by molar-refractivity contribution is 0.794. The van der Waals surface area contributed by atoms with Crippen LogP contribution in [0, 0.1) is 11.3 Å². The Kier molecular flexibility index (Phi) is 1.96. The zero-order chi connectivity index (χ0) is 10.3. The van der Waals surface area contributed by atoms with E-state index in [0.29, 0.717) is 0 Å². The zero-order valence-corrected chi connectivity index (χ0v) is 8.97. The van der Waals surface area contributed by atoms with Crippen molar-refractivity contribution in [2.45, 2.75) is 17.4 Å². The van der Waals surface area contributed by atoms with E-state index in [4.69, 9.17) is 5.26 Å². The Labute approximate surface area is 92.3 Å². The van der Waals surface area contributed by atoms with Gasteiger partial charge in [-0.2, -0.15) is 5.26 Å². The van der Waals surface area contributed by atoms with Crippen molar-refractivity contribution >= 4 is 22.7 Å². The summed E-state index contributed by atoms with van der Waals surface area (Å²) in [6.07, 6.45) is 0.968. The van der Waals surface area contributed by atoms with Crippen LogP contribution in [0.5, 0.6) is 0 Å². The monoisotopic (exact) mass is 214 g/mol. The first-order chi connectivity index (χ1) is 7.40. The van der Waals surface area contributed by atoms with Crippen molar-refractivity contribution in [3.8, 4) is 6.07 Å². The summed E-state index contributed by atoms with van der Waals surface area (Å²) >= 11 is 1.83. The Morgan fingerprint density at radius 1 is 1.40 bits per heavy atom. The molecule has 2 nitrogen and oxygen atoms in total. The van der Waals surface area contributed by atoms with Gasteiger partial charge in [0.1, 0.15) is 0 Å². The fraction of sp³-hybridized carbons (Fsp3) is 0.250. The fourth-order valence-electron chi connectivity index (χ4n) is 2.15. The molecule has 0 amide bonds. The van der Waals surface area contributed by atoms with Crippen molar-refractivity contribution in [3.05, 3.63) is 29.8 Å². The number of fused-ring (bicyclic) bond motifs is 3. The number of para-hydroxylation sites is 1. The molecule has 2 heterocycles. The van der Waals surface area contributed by atoms with Crippen LogP contribution in [0.15, 0.2) is 29.3 Å². The van der Waals surface area contributed by atoms with E-state index in [2.05, 4.69) is 23.2 Å². The number of benzene rings is 1. The Balaban J connectivity index is 2.33. The number of thioether (sulfide) groups is 1. The normalized spacial score (nSPS) is 19.8. The molecule has 1 aliphatic rings. The molecule has 1 aromatic heterocycles. The molecular weight excluding hydrogens is 204 g/mol. The summed E-state index contributed by atoms with van der Waals surface area (Å²) in [6.45, 7) is 0. The highest BCUT2D eigenvalue weighted by Crippen LogP contribution is 2.41. The predicted octanol–water partition coefficient (Wildman–Crippen LogP) is 3.27. The summed E-state index contributed by atoms with van der Waals surface area (Å²) in [5, 5.41) is 11.5. The second kappa shape index (κ2) is 3.32. The van der Waals surface area contributed by atoms with Crippen LogP contribution in [-0.2, 0) is 0 Å². The van der Waals surface area contributed by atoms with Gasteiger partial charge < -0.3 is 4.98 Å². The van der Waals surface area contributed by atoms with Crippen molar-refractivity contribution in [2.75, 3.05) is 5.75 Å². The van der Waals surface area contributed by atoms with E-state index in [1.165, 1.54) is 16.0 Å². The third-order valence-electron chi connectivity index (χ3n) is 2.87. The van der Waals surface area contributed by atoms with Gasteiger partial charge in [0.25, 0.3) is 0 Å². The molecule has 1 aromatic carbocycles. The highest BCUT2D eigenvalue weighted by Gasteiger charge is 2.24. The number of aromatic nitrogens is 1. The number of hydrogen-bond acceptors (Lipinski definition) is 2. The molecule has 2 aromatic rings. The van der Waals surface area contributed by atoms with Crippen LogP contribution in [0.3, 0.4) is 0 Å².